The van der Waals surface area contributed by atoms with E-state index in [1.807, 2.05) is 35.6 Å². The Hall–Kier alpha value is -1.61. The predicted octanol–water partition coefficient (Wildman–Crippen LogP) is 3.01. The van der Waals surface area contributed by atoms with Gasteiger partial charge in [0.2, 0.25) is 0 Å². The highest BCUT2D eigenvalue weighted by molar-refractivity contribution is 14.1. The summed E-state index contributed by atoms with van der Waals surface area (Å²) in [4.78, 5) is 23.8. The molecule has 0 aliphatic heterocycles. The van der Waals surface area contributed by atoms with Gasteiger partial charge in [0.05, 0.1) is 19.9 Å². The maximum Gasteiger partial charge on any atom is 0.359 e. The van der Waals surface area contributed by atoms with Gasteiger partial charge in [-0.05, 0) is 47.2 Å². The Morgan fingerprint density at radius 1 is 1.23 bits per heavy atom. The van der Waals surface area contributed by atoms with E-state index in [-0.39, 0.29) is 11.3 Å². The van der Waals surface area contributed by atoms with Gasteiger partial charge in [-0.25, -0.2) is 14.3 Å². The maximum atomic E-state index is 12.0. The molecule has 0 spiro atoms. The number of hydrogen-bond acceptors (Lipinski definition) is 5. The van der Waals surface area contributed by atoms with Crippen LogP contribution in [-0.4, -0.2) is 35.9 Å². The molecule has 0 saturated heterocycles. The van der Waals surface area contributed by atoms with E-state index in [0.29, 0.717) is 14.4 Å². The first-order valence-electron chi connectivity index (χ1n) is 6.12. The van der Waals surface area contributed by atoms with E-state index in [4.69, 9.17) is 16.3 Å². The minimum Gasteiger partial charge on any atom is -0.465 e. The molecule has 2 aromatic rings. The number of aromatic nitrogens is 2. The largest absolute Gasteiger partial charge is 0.465 e. The Balaban J connectivity index is 2.73. The van der Waals surface area contributed by atoms with Crippen molar-refractivity contribution < 1.29 is 19.1 Å². The zero-order chi connectivity index (χ0) is 16.4. The molecule has 0 fully saturated rings. The number of halogens is 2. The molecule has 0 bridgehead atoms. The Labute approximate surface area is 145 Å². The minimum absolute atomic E-state index is 0.0642. The zero-order valence-corrected chi connectivity index (χ0v) is 14.9. The van der Waals surface area contributed by atoms with Crippen LogP contribution in [0.15, 0.2) is 18.2 Å². The number of carbonyl (C=O) groups excluding carboxylic acids is 2. The smallest absolute Gasteiger partial charge is 0.359 e. The van der Waals surface area contributed by atoms with Gasteiger partial charge in [-0.2, -0.15) is 5.10 Å². The average Bonchev–Trinajstić information content (AvgIpc) is 2.85. The van der Waals surface area contributed by atoms with Crippen molar-refractivity contribution in [3.05, 3.63) is 43.7 Å². The van der Waals surface area contributed by atoms with Gasteiger partial charge >= 0.3 is 11.9 Å². The van der Waals surface area contributed by atoms with Gasteiger partial charge in [0, 0.05) is 5.02 Å². The van der Waals surface area contributed by atoms with Crippen LogP contribution in [-0.2, 0) is 9.47 Å². The molecule has 1 aromatic carbocycles. The van der Waals surface area contributed by atoms with Crippen LogP contribution in [0.1, 0.15) is 26.4 Å². The number of methoxy groups -OCH3 is 2. The summed E-state index contributed by atoms with van der Waals surface area (Å²) >= 11 is 7.95. The highest BCUT2D eigenvalue weighted by atomic mass is 127. The van der Waals surface area contributed by atoms with Crippen molar-refractivity contribution in [2.45, 2.75) is 6.92 Å². The fourth-order valence-corrected chi connectivity index (χ4v) is 2.90. The van der Waals surface area contributed by atoms with Crippen molar-refractivity contribution in [1.29, 1.82) is 0 Å². The molecule has 0 saturated carbocycles. The Bertz CT molecular complexity index is 758. The van der Waals surface area contributed by atoms with Crippen LogP contribution < -0.4 is 0 Å². The molecule has 1 aromatic heterocycles. The summed E-state index contributed by atoms with van der Waals surface area (Å²) in [5.41, 5.74) is 1.52. The SMILES string of the molecule is COC(=O)c1nn(-c2cc(Cl)ccc2C)c(I)c1C(=O)OC. The van der Waals surface area contributed by atoms with Gasteiger partial charge in [-0.1, -0.05) is 17.7 Å². The van der Waals surface area contributed by atoms with Crippen LogP contribution in [0.2, 0.25) is 5.02 Å². The van der Waals surface area contributed by atoms with Crippen molar-refractivity contribution in [3.8, 4) is 5.69 Å². The van der Waals surface area contributed by atoms with Gasteiger partial charge in [0.25, 0.3) is 0 Å². The first-order valence-corrected chi connectivity index (χ1v) is 7.58. The number of aryl methyl sites for hydroxylation is 1. The van der Waals surface area contributed by atoms with Crippen LogP contribution in [0, 0.1) is 10.6 Å². The Morgan fingerprint density at radius 2 is 1.86 bits per heavy atom. The molecule has 0 radical (unpaired) electrons. The van der Waals surface area contributed by atoms with Crippen LogP contribution in [0.25, 0.3) is 5.69 Å². The molecule has 1 heterocycles. The van der Waals surface area contributed by atoms with Gasteiger partial charge < -0.3 is 9.47 Å². The van der Waals surface area contributed by atoms with Crippen molar-refractivity contribution in [3.63, 3.8) is 0 Å². The topological polar surface area (TPSA) is 70.4 Å². The molecule has 0 unspecified atom stereocenters. The second-order valence-corrected chi connectivity index (χ2v) is 5.80. The summed E-state index contributed by atoms with van der Waals surface area (Å²) in [5, 5.41) is 4.72. The summed E-state index contributed by atoms with van der Waals surface area (Å²) in [6, 6.07) is 5.28. The summed E-state index contributed by atoms with van der Waals surface area (Å²) < 4.78 is 11.3. The third kappa shape index (κ3) is 2.95. The fourth-order valence-electron chi connectivity index (χ4n) is 1.89. The normalized spacial score (nSPS) is 10.4. The molecule has 0 atom stereocenters. The van der Waals surface area contributed by atoms with Crippen molar-refractivity contribution in [2.24, 2.45) is 0 Å². The number of hydrogen-bond donors (Lipinski definition) is 0. The lowest BCUT2D eigenvalue weighted by Gasteiger charge is -2.08. The van der Waals surface area contributed by atoms with Gasteiger partial charge in [-0.3, -0.25) is 0 Å². The van der Waals surface area contributed by atoms with Crippen LogP contribution in [0.4, 0.5) is 0 Å². The van der Waals surface area contributed by atoms with E-state index in [1.165, 1.54) is 18.9 Å². The molecule has 22 heavy (non-hydrogen) atoms. The van der Waals surface area contributed by atoms with Crippen molar-refractivity contribution in [2.75, 3.05) is 14.2 Å². The number of esters is 2. The van der Waals surface area contributed by atoms with Crippen LogP contribution in [0.3, 0.4) is 0 Å². The molecule has 0 aliphatic carbocycles. The monoisotopic (exact) mass is 434 g/mol. The lowest BCUT2D eigenvalue weighted by molar-refractivity contribution is 0.0551. The van der Waals surface area contributed by atoms with E-state index < -0.39 is 11.9 Å². The minimum atomic E-state index is -0.711. The average molecular weight is 435 g/mol. The molecule has 6 nitrogen and oxygen atoms in total. The molecule has 0 amide bonds. The molecule has 0 N–H and O–H groups in total. The molecule has 2 rings (SSSR count). The summed E-state index contributed by atoms with van der Waals surface area (Å²) in [6.45, 7) is 1.87. The zero-order valence-electron chi connectivity index (χ0n) is 12.0. The fraction of sp³-hybridized carbons (Fsp3) is 0.214. The molecule has 116 valence electrons. The molecule has 8 heteroatoms. The van der Waals surface area contributed by atoms with Gasteiger partial charge in [-0.15, -0.1) is 0 Å². The maximum absolute atomic E-state index is 12.0. The number of carbonyl (C=O) groups is 2. The number of rotatable bonds is 3. The summed E-state index contributed by atoms with van der Waals surface area (Å²) in [6.07, 6.45) is 0. The third-order valence-corrected chi connectivity index (χ3v) is 4.23. The van der Waals surface area contributed by atoms with Gasteiger partial charge in [0.15, 0.2) is 5.69 Å². The second-order valence-electron chi connectivity index (χ2n) is 4.34. The Kier molecular flexibility index (Phi) is 5.07. The second kappa shape index (κ2) is 6.66. The molecular weight excluding hydrogens is 423 g/mol. The number of nitrogens with zero attached hydrogens (tertiary/aromatic N) is 2. The lowest BCUT2D eigenvalue weighted by atomic mass is 10.2. The molecular formula is C14H12ClIN2O4. The summed E-state index contributed by atoms with van der Waals surface area (Å²) in [7, 11) is 2.46. The van der Waals surface area contributed by atoms with E-state index >= 15 is 0 Å². The van der Waals surface area contributed by atoms with Crippen LogP contribution >= 0.6 is 34.2 Å². The number of ether oxygens (including phenoxy) is 2. The molecule has 0 aliphatic rings. The third-order valence-electron chi connectivity index (χ3n) is 3.00. The quantitative estimate of drug-likeness (QED) is 0.549. The van der Waals surface area contributed by atoms with E-state index in [2.05, 4.69) is 9.84 Å². The van der Waals surface area contributed by atoms with E-state index in [0.717, 1.165) is 5.56 Å². The van der Waals surface area contributed by atoms with E-state index in [1.54, 1.807) is 12.1 Å². The van der Waals surface area contributed by atoms with E-state index in [9.17, 15) is 9.59 Å². The predicted molar refractivity (Wildman–Crippen MR) is 88.7 cm³/mol. The first-order chi connectivity index (χ1) is 10.4. The summed E-state index contributed by atoms with van der Waals surface area (Å²) in [5.74, 6) is -1.37. The lowest BCUT2D eigenvalue weighted by Crippen LogP contribution is -2.11. The highest BCUT2D eigenvalue weighted by Gasteiger charge is 2.29. The van der Waals surface area contributed by atoms with Crippen molar-refractivity contribution in [1.82, 2.24) is 9.78 Å². The Morgan fingerprint density at radius 3 is 2.45 bits per heavy atom. The van der Waals surface area contributed by atoms with Crippen LogP contribution in [0.5, 0.6) is 0 Å². The first kappa shape index (κ1) is 16.8. The number of benzene rings is 1. The highest BCUT2D eigenvalue weighted by Crippen LogP contribution is 2.26. The van der Waals surface area contributed by atoms with Gasteiger partial charge in [0.1, 0.15) is 9.26 Å². The standard InChI is InChI=1S/C14H12ClIN2O4/c1-7-4-5-8(15)6-9(7)18-12(16)10(13(19)21-2)11(17-18)14(20)22-3/h4-6H,1-3H3. The van der Waals surface area contributed by atoms with Crippen molar-refractivity contribution >= 4 is 46.1 Å².